The van der Waals surface area contributed by atoms with E-state index >= 15 is 0 Å². The Balaban J connectivity index is 1.68. The molecule has 1 aromatic heterocycles. The van der Waals surface area contributed by atoms with Gasteiger partial charge in [-0.2, -0.15) is 0 Å². The Morgan fingerprint density at radius 3 is 2.74 bits per heavy atom. The van der Waals surface area contributed by atoms with Crippen LogP contribution in [0.2, 0.25) is 0 Å². The normalized spacial score (nSPS) is 23.9. The summed E-state index contributed by atoms with van der Waals surface area (Å²) >= 11 is 1.62. The summed E-state index contributed by atoms with van der Waals surface area (Å²) < 4.78 is 0. The molecule has 6 heteroatoms. The molecule has 166 valence electrons. The summed E-state index contributed by atoms with van der Waals surface area (Å²) in [5.74, 6) is -0.0328. The third kappa shape index (κ3) is 4.41. The van der Waals surface area contributed by atoms with Crippen molar-refractivity contribution < 1.29 is 9.59 Å². The van der Waals surface area contributed by atoms with Crippen molar-refractivity contribution >= 4 is 23.2 Å². The van der Waals surface area contributed by atoms with Crippen LogP contribution in [0, 0.1) is 5.92 Å². The summed E-state index contributed by atoms with van der Waals surface area (Å²) in [4.78, 5) is 32.6. The number of fused-ring (bicyclic) bond motifs is 1. The number of amides is 2. The zero-order valence-electron chi connectivity index (χ0n) is 18.7. The summed E-state index contributed by atoms with van der Waals surface area (Å²) in [7, 11) is 0. The number of benzene rings is 1. The van der Waals surface area contributed by atoms with Gasteiger partial charge in [0.15, 0.2) is 0 Å². The zero-order valence-corrected chi connectivity index (χ0v) is 19.5. The Labute approximate surface area is 189 Å². The second-order valence-electron chi connectivity index (χ2n) is 9.05. The maximum Gasteiger partial charge on any atom is 0.254 e. The van der Waals surface area contributed by atoms with Crippen molar-refractivity contribution in [3.05, 3.63) is 57.8 Å². The molecule has 2 aliphatic heterocycles. The van der Waals surface area contributed by atoms with E-state index in [0.717, 1.165) is 30.0 Å². The van der Waals surface area contributed by atoms with Crippen LogP contribution in [0.5, 0.6) is 0 Å². The Morgan fingerprint density at radius 2 is 2.03 bits per heavy atom. The molecule has 0 unspecified atom stereocenters. The minimum atomic E-state index is -0.400. The van der Waals surface area contributed by atoms with Gasteiger partial charge in [-0.05, 0) is 54.9 Å². The number of rotatable bonds is 7. The highest BCUT2D eigenvalue weighted by atomic mass is 32.1. The minimum absolute atomic E-state index is 0.0232. The van der Waals surface area contributed by atoms with Crippen molar-refractivity contribution in [3.63, 3.8) is 0 Å². The number of carbonyl (C=O) groups is 2. The fraction of sp³-hybridized carbons (Fsp3) is 0.520. The molecular formula is C25H33N3O2S. The molecule has 31 heavy (non-hydrogen) atoms. The number of nitrogens with one attached hydrogen (secondary N) is 1. The molecule has 2 amide bonds. The van der Waals surface area contributed by atoms with Gasteiger partial charge < -0.3 is 10.2 Å². The van der Waals surface area contributed by atoms with Gasteiger partial charge in [-0.3, -0.25) is 14.5 Å². The van der Waals surface area contributed by atoms with E-state index < -0.39 is 5.92 Å². The van der Waals surface area contributed by atoms with E-state index in [4.69, 9.17) is 0 Å². The van der Waals surface area contributed by atoms with Crippen LogP contribution in [0.25, 0.3) is 0 Å². The van der Waals surface area contributed by atoms with Gasteiger partial charge in [-0.25, -0.2) is 0 Å². The predicted octanol–water partition coefficient (Wildman–Crippen LogP) is 4.29. The molecule has 0 bridgehead atoms. The van der Waals surface area contributed by atoms with Crippen molar-refractivity contribution in [3.8, 4) is 0 Å². The summed E-state index contributed by atoms with van der Waals surface area (Å²) in [5, 5.41) is 5.29. The van der Waals surface area contributed by atoms with Gasteiger partial charge in [-0.1, -0.05) is 45.0 Å². The second kappa shape index (κ2) is 9.53. The molecule has 3 atom stereocenters. The Hall–Kier alpha value is -2.18. The first-order valence-electron chi connectivity index (χ1n) is 11.5. The molecule has 0 saturated carbocycles. The minimum Gasteiger partial charge on any atom is -0.354 e. The first kappa shape index (κ1) is 22.0. The molecule has 2 aliphatic rings. The highest BCUT2D eigenvalue weighted by molar-refractivity contribution is 7.10. The second-order valence-corrected chi connectivity index (χ2v) is 10.0. The van der Waals surface area contributed by atoms with Gasteiger partial charge in [0.25, 0.3) is 5.91 Å². The van der Waals surface area contributed by atoms with Gasteiger partial charge in [0.05, 0.1) is 12.0 Å². The van der Waals surface area contributed by atoms with Crippen molar-refractivity contribution in [2.45, 2.75) is 51.6 Å². The van der Waals surface area contributed by atoms with E-state index in [9.17, 15) is 9.59 Å². The molecule has 4 rings (SSSR count). The van der Waals surface area contributed by atoms with E-state index in [1.165, 1.54) is 6.42 Å². The van der Waals surface area contributed by atoms with Crippen molar-refractivity contribution in [2.75, 3.05) is 26.2 Å². The SMILES string of the molecule is CCN1CCC[C@@H]1CNC(=O)[C@@H]1c2ccccc2C(=O)N(CC(C)C)[C@@H]1c1cccs1. The average Bonchev–Trinajstić information content (AvgIpc) is 3.45. The fourth-order valence-corrected chi connectivity index (χ4v) is 5.99. The van der Waals surface area contributed by atoms with Gasteiger partial charge in [0.1, 0.15) is 0 Å². The molecule has 5 nitrogen and oxygen atoms in total. The van der Waals surface area contributed by atoms with E-state index in [1.807, 2.05) is 40.6 Å². The Kier molecular flexibility index (Phi) is 6.77. The van der Waals surface area contributed by atoms with Gasteiger partial charge in [0, 0.05) is 29.6 Å². The summed E-state index contributed by atoms with van der Waals surface area (Å²) in [6.45, 7) is 9.84. The van der Waals surface area contributed by atoms with Crippen LogP contribution >= 0.6 is 11.3 Å². The number of hydrogen-bond acceptors (Lipinski definition) is 4. The van der Waals surface area contributed by atoms with Gasteiger partial charge in [0.2, 0.25) is 5.91 Å². The lowest BCUT2D eigenvalue weighted by molar-refractivity contribution is -0.124. The molecule has 2 aromatic rings. The van der Waals surface area contributed by atoms with Crippen LogP contribution in [-0.2, 0) is 4.79 Å². The molecule has 0 aliphatic carbocycles. The molecule has 1 fully saturated rings. The van der Waals surface area contributed by atoms with E-state index in [0.29, 0.717) is 30.6 Å². The summed E-state index contributed by atoms with van der Waals surface area (Å²) in [6.07, 6.45) is 2.32. The van der Waals surface area contributed by atoms with Crippen LogP contribution in [0.15, 0.2) is 41.8 Å². The lowest BCUT2D eigenvalue weighted by Gasteiger charge is -2.42. The topological polar surface area (TPSA) is 52.7 Å². The van der Waals surface area contributed by atoms with Gasteiger partial charge >= 0.3 is 0 Å². The fourth-order valence-electron chi connectivity index (χ4n) is 5.12. The number of hydrogen-bond donors (Lipinski definition) is 1. The standard InChI is InChI=1S/C25H33N3O2S/c1-4-27-13-7-9-18(27)15-26-24(29)22-19-10-5-6-11-20(19)25(30)28(16-17(2)3)23(22)21-12-8-14-31-21/h5-6,8,10-12,14,17-18,22-23H,4,7,9,13,15-16H2,1-3H3,(H,26,29)/t18-,22-,23-/m1/s1. The predicted molar refractivity (Wildman–Crippen MR) is 125 cm³/mol. The van der Waals surface area contributed by atoms with Gasteiger partial charge in [-0.15, -0.1) is 11.3 Å². The third-order valence-corrected chi connectivity index (χ3v) is 7.48. The lowest BCUT2D eigenvalue weighted by Crippen LogP contribution is -2.49. The molecule has 3 heterocycles. The molecular weight excluding hydrogens is 406 g/mol. The quantitative estimate of drug-likeness (QED) is 0.700. The number of likely N-dealkylation sites (tertiary alicyclic amines) is 1. The van der Waals surface area contributed by atoms with Crippen molar-refractivity contribution in [1.82, 2.24) is 15.1 Å². The maximum atomic E-state index is 13.7. The van der Waals surface area contributed by atoms with E-state index in [-0.39, 0.29) is 17.9 Å². The molecule has 0 spiro atoms. The number of thiophene rings is 1. The monoisotopic (exact) mass is 439 g/mol. The first-order chi connectivity index (χ1) is 15.0. The van der Waals surface area contributed by atoms with Crippen LogP contribution in [-0.4, -0.2) is 53.8 Å². The number of likely N-dealkylation sites (N-methyl/N-ethyl adjacent to an activating group) is 1. The molecule has 1 saturated heterocycles. The molecule has 1 N–H and O–H groups in total. The maximum absolute atomic E-state index is 13.7. The number of nitrogens with zero attached hydrogens (tertiary/aromatic N) is 2. The van der Waals surface area contributed by atoms with E-state index in [1.54, 1.807) is 11.3 Å². The Morgan fingerprint density at radius 1 is 1.23 bits per heavy atom. The highest BCUT2D eigenvalue weighted by Gasteiger charge is 2.44. The van der Waals surface area contributed by atoms with Crippen molar-refractivity contribution in [1.29, 1.82) is 0 Å². The van der Waals surface area contributed by atoms with Crippen LogP contribution in [0.4, 0.5) is 0 Å². The van der Waals surface area contributed by atoms with Crippen molar-refractivity contribution in [2.24, 2.45) is 5.92 Å². The number of carbonyl (C=O) groups excluding carboxylic acids is 2. The largest absolute Gasteiger partial charge is 0.354 e. The Bertz CT molecular complexity index is 911. The van der Waals surface area contributed by atoms with Crippen LogP contribution in [0.3, 0.4) is 0 Å². The van der Waals surface area contributed by atoms with Crippen LogP contribution < -0.4 is 5.32 Å². The summed E-state index contributed by atoms with van der Waals surface area (Å²) in [6, 6.07) is 11.8. The smallest absolute Gasteiger partial charge is 0.254 e. The molecule has 0 radical (unpaired) electrons. The zero-order chi connectivity index (χ0) is 22.0. The van der Waals surface area contributed by atoms with Crippen LogP contribution in [0.1, 0.15) is 66.4 Å². The first-order valence-corrected chi connectivity index (χ1v) is 12.3. The summed E-state index contributed by atoms with van der Waals surface area (Å²) in [5.41, 5.74) is 1.51. The third-order valence-electron chi connectivity index (χ3n) is 6.53. The van der Waals surface area contributed by atoms with E-state index in [2.05, 4.69) is 37.1 Å². The lowest BCUT2D eigenvalue weighted by atomic mass is 9.81. The highest BCUT2D eigenvalue weighted by Crippen LogP contribution is 2.44. The molecule has 1 aromatic carbocycles. The average molecular weight is 440 g/mol.